The minimum atomic E-state index is -0.0559. The number of thiazole rings is 1. The van der Waals surface area contributed by atoms with Crippen LogP contribution in [0.25, 0.3) is 0 Å². The zero-order chi connectivity index (χ0) is 12.5. The van der Waals surface area contributed by atoms with E-state index in [0.29, 0.717) is 0 Å². The second-order valence-corrected chi connectivity index (χ2v) is 5.15. The van der Waals surface area contributed by atoms with Crippen LogP contribution in [0.3, 0.4) is 0 Å². The third kappa shape index (κ3) is 1.95. The van der Waals surface area contributed by atoms with Crippen molar-refractivity contribution in [3.8, 4) is 11.5 Å². The summed E-state index contributed by atoms with van der Waals surface area (Å²) < 4.78 is 11.2. The molecule has 0 bridgehead atoms. The summed E-state index contributed by atoms with van der Waals surface area (Å²) in [7, 11) is 1.64. The number of hydrogen-bond donors (Lipinski definition) is 1. The molecule has 1 aliphatic heterocycles. The lowest BCUT2D eigenvalue weighted by atomic mass is 9.97. The molecule has 1 aromatic heterocycles. The quantitative estimate of drug-likeness (QED) is 0.904. The fourth-order valence-electron chi connectivity index (χ4n) is 2.15. The smallest absolute Gasteiger partial charge is 0.152 e. The molecule has 0 saturated carbocycles. The fraction of sp³-hybridized carbons (Fsp3) is 0.308. The summed E-state index contributed by atoms with van der Waals surface area (Å²) in [6, 6.07) is 5.74. The van der Waals surface area contributed by atoms with Gasteiger partial charge in [-0.25, -0.2) is 4.98 Å². The number of ether oxygens (including phenoxy) is 2. The van der Waals surface area contributed by atoms with Gasteiger partial charge in [-0.3, -0.25) is 0 Å². The molecule has 0 saturated heterocycles. The Morgan fingerprint density at radius 2 is 2.39 bits per heavy atom. The molecule has 0 fully saturated rings. The molecule has 2 heterocycles. The third-order valence-corrected chi connectivity index (χ3v) is 3.95. The maximum absolute atomic E-state index is 6.19. The minimum absolute atomic E-state index is 0.0199. The van der Waals surface area contributed by atoms with Crippen molar-refractivity contribution >= 4 is 11.3 Å². The van der Waals surface area contributed by atoms with Crippen molar-refractivity contribution in [3.63, 3.8) is 0 Å². The zero-order valence-electron chi connectivity index (χ0n) is 10.00. The molecule has 2 N–H and O–H groups in total. The summed E-state index contributed by atoms with van der Waals surface area (Å²) >= 11 is 1.59. The van der Waals surface area contributed by atoms with Crippen molar-refractivity contribution in [2.45, 2.75) is 18.6 Å². The van der Waals surface area contributed by atoms with E-state index in [-0.39, 0.29) is 12.1 Å². The predicted molar refractivity (Wildman–Crippen MR) is 70.0 cm³/mol. The van der Waals surface area contributed by atoms with E-state index in [2.05, 4.69) is 4.98 Å². The lowest BCUT2D eigenvalue weighted by Crippen LogP contribution is -2.24. The van der Waals surface area contributed by atoms with Gasteiger partial charge in [0.1, 0.15) is 16.5 Å². The van der Waals surface area contributed by atoms with Crippen LogP contribution in [0.2, 0.25) is 0 Å². The van der Waals surface area contributed by atoms with Crippen LogP contribution in [0.1, 0.15) is 29.1 Å². The Hall–Kier alpha value is -1.59. The summed E-state index contributed by atoms with van der Waals surface area (Å²) in [5.74, 6) is 1.58. The summed E-state index contributed by atoms with van der Waals surface area (Å²) in [4.78, 5) is 4.30. The maximum atomic E-state index is 6.19. The first-order valence-electron chi connectivity index (χ1n) is 5.77. The Kier molecular flexibility index (Phi) is 2.93. The molecular formula is C13H14N2O2S. The molecule has 4 nitrogen and oxygen atoms in total. The SMILES string of the molecule is COc1ccc2c(c1)OC(c1nccs1)C[C@H]2N. The zero-order valence-corrected chi connectivity index (χ0v) is 10.8. The molecule has 0 spiro atoms. The summed E-state index contributed by atoms with van der Waals surface area (Å²) in [6.07, 6.45) is 2.49. The molecule has 2 atom stereocenters. The normalized spacial score (nSPS) is 22.1. The van der Waals surface area contributed by atoms with Crippen molar-refractivity contribution < 1.29 is 9.47 Å². The number of fused-ring (bicyclic) bond motifs is 1. The van der Waals surface area contributed by atoms with E-state index in [1.54, 1.807) is 24.6 Å². The Morgan fingerprint density at radius 1 is 1.50 bits per heavy atom. The molecular weight excluding hydrogens is 248 g/mol. The topological polar surface area (TPSA) is 57.4 Å². The van der Waals surface area contributed by atoms with Gasteiger partial charge in [-0.05, 0) is 6.07 Å². The molecule has 0 radical (unpaired) electrons. The summed E-state index contributed by atoms with van der Waals surface area (Å²) in [5.41, 5.74) is 7.22. The Balaban J connectivity index is 1.95. The number of nitrogens with two attached hydrogens (primary N) is 1. The highest BCUT2D eigenvalue weighted by Crippen LogP contribution is 2.41. The summed E-state index contributed by atoms with van der Waals surface area (Å²) in [5, 5.41) is 2.92. The van der Waals surface area contributed by atoms with Crippen LogP contribution in [-0.2, 0) is 0 Å². The van der Waals surface area contributed by atoms with Gasteiger partial charge in [-0.2, -0.15) is 0 Å². The lowest BCUT2D eigenvalue weighted by molar-refractivity contribution is 0.160. The second kappa shape index (κ2) is 4.59. The van der Waals surface area contributed by atoms with E-state index in [1.165, 1.54) is 0 Å². The van der Waals surface area contributed by atoms with Crippen LogP contribution >= 0.6 is 11.3 Å². The molecule has 0 aliphatic carbocycles. The first kappa shape index (κ1) is 11.5. The van der Waals surface area contributed by atoms with Gasteiger partial charge >= 0.3 is 0 Å². The van der Waals surface area contributed by atoms with Gasteiger partial charge in [0.2, 0.25) is 0 Å². The van der Waals surface area contributed by atoms with Crippen LogP contribution in [0.4, 0.5) is 0 Å². The highest BCUT2D eigenvalue weighted by atomic mass is 32.1. The monoisotopic (exact) mass is 262 g/mol. The first-order chi connectivity index (χ1) is 8.78. The molecule has 1 unspecified atom stereocenters. The predicted octanol–water partition coefficient (Wildman–Crippen LogP) is 2.68. The van der Waals surface area contributed by atoms with Gasteiger partial charge in [0.25, 0.3) is 0 Å². The van der Waals surface area contributed by atoms with Crippen LogP contribution < -0.4 is 15.2 Å². The number of methoxy groups -OCH3 is 1. The van der Waals surface area contributed by atoms with Crippen molar-refractivity contribution in [2.75, 3.05) is 7.11 Å². The molecule has 18 heavy (non-hydrogen) atoms. The molecule has 1 aromatic carbocycles. The van der Waals surface area contributed by atoms with E-state index in [1.807, 2.05) is 23.6 Å². The Bertz CT molecular complexity index is 542. The number of rotatable bonds is 2. The van der Waals surface area contributed by atoms with E-state index in [4.69, 9.17) is 15.2 Å². The molecule has 0 amide bonds. The van der Waals surface area contributed by atoms with Gasteiger partial charge < -0.3 is 15.2 Å². The maximum Gasteiger partial charge on any atom is 0.152 e. The van der Waals surface area contributed by atoms with Crippen LogP contribution in [-0.4, -0.2) is 12.1 Å². The highest BCUT2D eigenvalue weighted by Gasteiger charge is 2.28. The average molecular weight is 262 g/mol. The molecule has 5 heteroatoms. The van der Waals surface area contributed by atoms with Gasteiger partial charge in [-0.1, -0.05) is 6.07 Å². The molecule has 94 valence electrons. The largest absolute Gasteiger partial charge is 0.497 e. The number of nitrogens with zero attached hydrogens (tertiary/aromatic N) is 1. The van der Waals surface area contributed by atoms with Gasteiger partial charge in [0.05, 0.1) is 7.11 Å². The van der Waals surface area contributed by atoms with E-state index >= 15 is 0 Å². The number of hydrogen-bond acceptors (Lipinski definition) is 5. The van der Waals surface area contributed by atoms with Crippen LogP contribution in [0.5, 0.6) is 11.5 Å². The van der Waals surface area contributed by atoms with Crippen molar-refractivity contribution in [2.24, 2.45) is 5.73 Å². The fourth-order valence-corrected chi connectivity index (χ4v) is 2.83. The molecule has 3 rings (SSSR count). The van der Waals surface area contributed by atoms with Gasteiger partial charge in [-0.15, -0.1) is 11.3 Å². The average Bonchev–Trinajstić information content (AvgIpc) is 2.91. The van der Waals surface area contributed by atoms with Crippen LogP contribution in [0.15, 0.2) is 29.8 Å². The van der Waals surface area contributed by atoms with Crippen molar-refractivity contribution in [1.82, 2.24) is 4.98 Å². The van der Waals surface area contributed by atoms with Crippen molar-refractivity contribution in [1.29, 1.82) is 0 Å². The van der Waals surface area contributed by atoms with E-state index in [9.17, 15) is 0 Å². The molecule has 1 aliphatic rings. The number of aromatic nitrogens is 1. The second-order valence-electron chi connectivity index (χ2n) is 4.22. The third-order valence-electron chi connectivity index (χ3n) is 3.08. The van der Waals surface area contributed by atoms with Gasteiger partial charge in [0.15, 0.2) is 6.10 Å². The van der Waals surface area contributed by atoms with Crippen LogP contribution in [0, 0.1) is 0 Å². The summed E-state index contributed by atoms with van der Waals surface area (Å²) in [6.45, 7) is 0. The Morgan fingerprint density at radius 3 is 3.11 bits per heavy atom. The van der Waals surface area contributed by atoms with Crippen molar-refractivity contribution in [3.05, 3.63) is 40.3 Å². The number of benzene rings is 1. The lowest BCUT2D eigenvalue weighted by Gasteiger charge is -2.29. The van der Waals surface area contributed by atoms with E-state index < -0.39 is 0 Å². The van der Waals surface area contributed by atoms with Gasteiger partial charge in [0, 0.05) is 35.7 Å². The Labute approximate surface area is 109 Å². The standard InChI is InChI=1S/C13H14N2O2S/c1-16-8-2-3-9-10(14)7-12(17-11(9)6-8)13-15-4-5-18-13/h2-6,10,12H,7,14H2,1H3/t10-,12?/m1/s1. The highest BCUT2D eigenvalue weighted by molar-refractivity contribution is 7.09. The van der Waals surface area contributed by atoms with E-state index in [0.717, 1.165) is 28.5 Å². The molecule has 2 aromatic rings. The first-order valence-corrected chi connectivity index (χ1v) is 6.65. The minimum Gasteiger partial charge on any atom is -0.497 e.